The van der Waals surface area contributed by atoms with Crippen LogP contribution in [0.1, 0.15) is 33.6 Å². The van der Waals surface area contributed by atoms with Gasteiger partial charge in [0.25, 0.3) is 0 Å². The Morgan fingerprint density at radius 3 is 2.55 bits per heavy atom. The average molecular weight is 329 g/mol. The molecule has 6 heteroatoms. The molecular weight excluding hydrogens is 307 g/mol. The van der Waals surface area contributed by atoms with Crippen molar-refractivity contribution in [2.75, 3.05) is 18.4 Å². The quantitative estimate of drug-likeness (QED) is 0.880. The molecule has 1 heterocycles. The van der Waals surface area contributed by atoms with Crippen molar-refractivity contribution in [3.8, 4) is 0 Å². The molecule has 0 atom stereocenters. The number of carbonyl (C=O) groups excluding carboxylic acids is 1. The lowest BCUT2D eigenvalue weighted by Gasteiger charge is -2.34. The third kappa shape index (κ3) is 4.77. The Bertz CT molecular complexity index is 537. The second-order valence-corrected chi connectivity index (χ2v) is 6.95. The first-order chi connectivity index (χ1) is 10.2. The largest absolute Gasteiger partial charge is 0.444 e. The van der Waals surface area contributed by atoms with Gasteiger partial charge in [0.1, 0.15) is 11.4 Å². The van der Waals surface area contributed by atoms with Crippen molar-refractivity contribution in [2.24, 2.45) is 0 Å². The Kier molecular flexibility index (Phi) is 5.16. The Balaban J connectivity index is 1.86. The van der Waals surface area contributed by atoms with E-state index in [0.717, 1.165) is 12.8 Å². The van der Waals surface area contributed by atoms with E-state index in [2.05, 4.69) is 5.32 Å². The van der Waals surface area contributed by atoms with Crippen LogP contribution < -0.4 is 5.32 Å². The highest BCUT2D eigenvalue weighted by atomic mass is 35.5. The second kappa shape index (κ2) is 6.73. The summed E-state index contributed by atoms with van der Waals surface area (Å²) in [6.07, 6.45) is 1.21. The zero-order valence-corrected chi connectivity index (χ0v) is 13.9. The number of likely N-dealkylation sites (tertiary alicyclic amines) is 1. The SMILES string of the molecule is CC(C)(C)OC(=O)N1CCC(Nc2ccc(Cl)cc2F)CC1. The Morgan fingerprint density at radius 1 is 1.36 bits per heavy atom. The molecule has 0 unspecified atom stereocenters. The summed E-state index contributed by atoms with van der Waals surface area (Å²) in [7, 11) is 0. The summed E-state index contributed by atoms with van der Waals surface area (Å²) in [6, 6.07) is 4.72. The Hall–Kier alpha value is -1.49. The summed E-state index contributed by atoms with van der Waals surface area (Å²) in [4.78, 5) is 13.7. The summed E-state index contributed by atoms with van der Waals surface area (Å²) in [5.74, 6) is -0.359. The third-order valence-corrected chi connectivity index (χ3v) is 3.67. The number of amides is 1. The van der Waals surface area contributed by atoms with E-state index in [0.29, 0.717) is 23.8 Å². The van der Waals surface area contributed by atoms with E-state index >= 15 is 0 Å². The van der Waals surface area contributed by atoms with Gasteiger partial charge in [-0.05, 0) is 51.8 Å². The van der Waals surface area contributed by atoms with Crippen molar-refractivity contribution in [1.29, 1.82) is 0 Å². The number of nitrogens with zero attached hydrogens (tertiary/aromatic N) is 1. The second-order valence-electron chi connectivity index (χ2n) is 6.51. The van der Waals surface area contributed by atoms with E-state index in [-0.39, 0.29) is 18.0 Å². The van der Waals surface area contributed by atoms with Gasteiger partial charge in [-0.3, -0.25) is 0 Å². The lowest BCUT2D eigenvalue weighted by molar-refractivity contribution is 0.0210. The number of nitrogens with one attached hydrogen (secondary N) is 1. The molecule has 122 valence electrons. The van der Waals surface area contributed by atoms with Crippen LogP contribution >= 0.6 is 11.6 Å². The summed E-state index contributed by atoms with van der Waals surface area (Å²) in [6.45, 7) is 6.75. The average Bonchev–Trinajstić information content (AvgIpc) is 2.41. The zero-order valence-electron chi connectivity index (χ0n) is 13.2. The van der Waals surface area contributed by atoms with Crippen LogP contribution in [0.5, 0.6) is 0 Å². The summed E-state index contributed by atoms with van der Waals surface area (Å²) in [5.41, 5.74) is -0.0429. The van der Waals surface area contributed by atoms with Crippen LogP contribution in [0, 0.1) is 5.82 Å². The van der Waals surface area contributed by atoms with E-state index < -0.39 is 5.60 Å². The highest BCUT2D eigenvalue weighted by Gasteiger charge is 2.27. The van der Waals surface area contributed by atoms with Gasteiger partial charge in [-0.15, -0.1) is 0 Å². The predicted octanol–water partition coefficient (Wildman–Crippen LogP) is 4.29. The maximum absolute atomic E-state index is 13.8. The molecule has 1 N–H and O–H groups in total. The van der Waals surface area contributed by atoms with Gasteiger partial charge in [-0.1, -0.05) is 11.6 Å². The zero-order chi connectivity index (χ0) is 16.3. The molecule has 0 bridgehead atoms. The van der Waals surface area contributed by atoms with Crippen molar-refractivity contribution in [3.63, 3.8) is 0 Å². The fraction of sp³-hybridized carbons (Fsp3) is 0.562. The number of halogens is 2. The van der Waals surface area contributed by atoms with E-state index in [1.807, 2.05) is 20.8 Å². The molecule has 1 aliphatic rings. The minimum Gasteiger partial charge on any atom is -0.444 e. The molecule has 0 aliphatic carbocycles. The predicted molar refractivity (Wildman–Crippen MR) is 85.9 cm³/mol. The fourth-order valence-electron chi connectivity index (χ4n) is 2.36. The summed E-state index contributed by atoms with van der Waals surface area (Å²) >= 11 is 5.74. The number of rotatable bonds is 2. The topological polar surface area (TPSA) is 41.6 Å². The van der Waals surface area contributed by atoms with E-state index in [9.17, 15) is 9.18 Å². The van der Waals surface area contributed by atoms with Gasteiger partial charge >= 0.3 is 6.09 Å². The number of benzene rings is 1. The van der Waals surface area contributed by atoms with Crippen molar-refractivity contribution in [3.05, 3.63) is 29.0 Å². The van der Waals surface area contributed by atoms with E-state index in [4.69, 9.17) is 16.3 Å². The maximum Gasteiger partial charge on any atom is 0.410 e. The smallest absolute Gasteiger partial charge is 0.410 e. The molecule has 2 rings (SSSR count). The molecule has 1 saturated heterocycles. The van der Waals surface area contributed by atoms with Gasteiger partial charge in [0, 0.05) is 24.2 Å². The highest BCUT2D eigenvalue weighted by Crippen LogP contribution is 2.23. The molecular formula is C16H22ClFN2O2. The van der Waals surface area contributed by atoms with Crippen LogP contribution in [0.4, 0.5) is 14.9 Å². The first-order valence-electron chi connectivity index (χ1n) is 7.44. The fourth-order valence-corrected chi connectivity index (χ4v) is 2.52. The minimum atomic E-state index is -0.487. The number of hydrogen-bond acceptors (Lipinski definition) is 3. The van der Waals surface area contributed by atoms with E-state index in [1.54, 1.807) is 17.0 Å². The number of carbonyl (C=O) groups is 1. The molecule has 0 spiro atoms. The highest BCUT2D eigenvalue weighted by molar-refractivity contribution is 6.30. The van der Waals surface area contributed by atoms with Gasteiger partial charge in [0.15, 0.2) is 0 Å². The standard InChI is InChI=1S/C16H22ClFN2O2/c1-16(2,3)22-15(21)20-8-6-12(7-9-20)19-14-5-4-11(17)10-13(14)18/h4-5,10,12,19H,6-9H2,1-3H3. The number of piperidine rings is 1. The number of hydrogen-bond donors (Lipinski definition) is 1. The first-order valence-corrected chi connectivity index (χ1v) is 7.82. The van der Waals surface area contributed by atoms with Gasteiger partial charge in [-0.25, -0.2) is 9.18 Å². The lowest BCUT2D eigenvalue weighted by Crippen LogP contribution is -2.44. The summed E-state index contributed by atoms with van der Waals surface area (Å²) < 4.78 is 19.1. The van der Waals surface area contributed by atoms with Crippen molar-refractivity contribution in [2.45, 2.75) is 45.3 Å². The van der Waals surface area contributed by atoms with Gasteiger partial charge < -0.3 is 15.0 Å². The van der Waals surface area contributed by atoms with Gasteiger partial charge in [0.2, 0.25) is 0 Å². The minimum absolute atomic E-state index is 0.134. The Morgan fingerprint density at radius 2 is 2.00 bits per heavy atom. The lowest BCUT2D eigenvalue weighted by atomic mass is 10.0. The van der Waals surface area contributed by atoms with Crippen LogP contribution in [0.2, 0.25) is 5.02 Å². The molecule has 0 aromatic heterocycles. The van der Waals surface area contributed by atoms with Crippen molar-refractivity contribution in [1.82, 2.24) is 4.90 Å². The van der Waals surface area contributed by atoms with Gasteiger partial charge in [-0.2, -0.15) is 0 Å². The van der Waals surface area contributed by atoms with Crippen LogP contribution in [-0.4, -0.2) is 35.7 Å². The molecule has 22 heavy (non-hydrogen) atoms. The first kappa shape index (κ1) is 16.9. The summed E-state index contributed by atoms with van der Waals surface area (Å²) in [5, 5.41) is 3.55. The molecule has 0 radical (unpaired) electrons. The molecule has 1 aromatic carbocycles. The number of anilines is 1. The monoisotopic (exact) mass is 328 g/mol. The van der Waals surface area contributed by atoms with Crippen LogP contribution in [0.15, 0.2) is 18.2 Å². The van der Waals surface area contributed by atoms with E-state index in [1.165, 1.54) is 6.07 Å². The Labute approximate surface area is 135 Å². The molecule has 1 fully saturated rings. The van der Waals surface area contributed by atoms with Crippen molar-refractivity contribution < 1.29 is 13.9 Å². The van der Waals surface area contributed by atoms with Gasteiger partial charge in [0.05, 0.1) is 5.69 Å². The van der Waals surface area contributed by atoms with Crippen LogP contribution in [0.3, 0.4) is 0 Å². The van der Waals surface area contributed by atoms with Crippen LogP contribution in [-0.2, 0) is 4.74 Å². The normalized spacial score (nSPS) is 16.5. The molecule has 4 nitrogen and oxygen atoms in total. The molecule has 1 aromatic rings. The molecule has 0 saturated carbocycles. The maximum atomic E-state index is 13.8. The third-order valence-electron chi connectivity index (χ3n) is 3.44. The van der Waals surface area contributed by atoms with Crippen LogP contribution in [0.25, 0.3) is 0 Å². The number of ether oxygens (including phenoxy) is 1. The molecule has 1 amide bonds. The van der Waals surface area contributed by atoms with Crippen molar-refractivity contribution >= 4 is 23.4 Å². The molecule has 1 aliphatic heterocycles.